The number of nitrogens with zero attached hydrogens (tertiary/aromatic N) is 1. The minimum atomic E-state index is -0.351. The first-order valence-corrected chi connectivity index (χ1v) is 10.0. The third-order valence-electron chi connectivity index (χ3n) is 3.85. The molecule has 3 aromatic rings. The molecule has 2 heterocycles. The molecule has 3 nitrogen and oxygen atoms in total. The molecular formula is C21H14FNO2S2. The van der Waals surface area contributed by atoms with Gasteiger partial charge in [-0.15, -0.1) is 0 Å². The van der Waals surface area contributed by atoms with Gasteiger partial charge >= 0.3 is 0 Å². The van der Waals surface area contributed by atoms with Crippen molar-refractivity contribution in [1.82, 2.24) is 0 Å². The standard InChI is InChI=1S/C21H14FNO2S2/c22-17-9-5-4-8-16(17)19-11-10-15(25-19)12-18-20(24)27-21(23-18)26-13-14-6-2-1-3-7-14/h1-12H,13H2/b18-12-. The van der Waals surface area contributed by atoms with E-state index in [1.807, 2.05) is 30.3 Å². The molecule has 2 aromatic carbocycles. The van der Waals surface area contributed by atoms with Gasteiger partial charge in [-0.25, -0.2) is 9.38 Å². The highest BCUT2D eigenvalue weighted by atomic mass is 32.2. The lowest BCUT2D eigenvalue weighted by Gasteiger charge is -1.98. The van der Waals surface area contributed by atoms with Gasteiger partial charge < -0.3 is 4.42 Å². The smallest absolute Gasteiger partial charge is 0.244 e. The summed E-state index contributed by atoms with van der Waals surface area (Å²) in [6, 6.07) is 19.8. The van der Waals surface area contributed by atoms with Crippen LogP contribution < -0.4 is 0 Å². The van der Waals surface area contributed by atoms with Crippen LogP contribution in [0.5, 0.6) is 0 Å². The Morgan fingerprint density at radius 3 is 2.63 bits per heavy atom. The van der Waals surface area contributed by atoms with Crippen molar-refractivity contribution in [3.05, 3.63) is 89.6 Å². The van der Waals surface area contributed by atoms with Crippen LogP contribution in [0.25, 0.3) is 17.4 Å². The number of rotatable bonds is 4. The fourth-order valence-electron chi connectivity index (χ4n) is 2.54. The van der Waals surface area contributed by atoms with Gasteiger partial charge in [0.2, 0.25) is 5.12 Å². The van der Waals surface area contributed by atoms with Gasteiger partial charge in [0, 0.05) is 11.8 Å². The Morgan fingerprint density at radius 1 is 1.04 bits per heavy atom. The maximum atomic E-state index is 13.9. The number of benzene rings is 2. The fourth-order valence-corrected chi connectivity index (χ4v) is 4.34. The summed E-state index contributed by atoms with van der Waals surface area (Å²) in [4.78, 5) is 16.6. The molecule has 0 spiro atoms. The summed E-state index contributed by atoms with van der Waals surface area (Å²) < 4.78 is 20.3. The van der Waals surface area contributed by atoms with Gasteiger partial charge in [0.25, 0.3) is 0 Å². The van der Waals surface area contributed by atoms with Gasteiger partial charge in [-0.2, -0.15) is 0 Å². The summed E-state index contributed by atoms with van der Waals surface area (Å²) in [6.45, 7) is 0. The van der Waals surface area contributed by atoms with Crippen molar-refractivity contribution in [2.24, 2.45) is 4.99 Å². The molecule has 0 N–H and O–H groups in total. The van der Waals surface area contributed by atoms with E-state index >= 15 is 0 Å². The summed E-state index contributed by atoms with van der Waals surface area (Å²) in [5, 5.41) is -0.116. The van der Waals surface area contributed by atoms with Gasteiger partial charge in [0.15, 0.2) is 0 Å². The monoisotopic (exact) mass is 395 g/mol. The highest BCUT2D eigenvalue weighted by Crippen LogP contribution is 2.33. The molecule has 1 aromatic heterocycles. The highest BCUT2D eigenvalue weighted by molar-refractivity contribution is 8.45. The topological polar surface area (TPSA) is 42.6 Å². The zero-order valence-electron chi connectivity index (χ0n) is 14.1. The number of carbonyl (C=O) groups excluding carboxylic acids is 1. The molecule has 0 fully saturated rings. The third-order valence-corrected chi connectivity index (χ3v) is 5.93. The number of hydrogen-bond donors (Lipinski definition) is 0. The molecule has 0 atom stereocenters. The van der Waals surface area contributed by atoms with Crippen molar-refractivity contribution in [1.29, 1.82) is 0 Å². The average Bonchev–Trinajstić information content (AvgIpc) is 3.28. The number of furan rings is 1. The Bertz CT molecular complexity index is 1040. The van der Waals surface area contributed by atoms with Crippen molar-refractivity contribution in [2.45, 2.75) is 5.75 Å². The second-order valence-electron chi connectivity index (χ2n) is 5.75. The van der Waals surface area contributed by atoms with E-state index < -0.39 is 0 Å². The normalized spacial score (nSPS) is 15.4. The lowest BCUT2D eigenvalue weighted by Crippen LogP contribution is -1.88. The van der Waals surface area contributed by atoms with Gasteiger partial charge in [-0.05, 0) is 41.6 Å². The van der Waals surface area contributed by atoms with Crippen molar-refractivity contribution in [3.63, 3.8) is 0 Å². The minimum Gasteiger partial charge on any atom is -0.457 e. The van der Waals surface area contributed by atoms with E-state index in [4.69, 9.17) is 4.42 Å². The molecule has 4 rings (SSSR count). The van der Waals surface area contributed by atoms with Crippen LogP contribution >= 0.6 is 23.5 Å². The Hall–Kier alpha value is -2.57. The van der Waals surface area contributed by atoms with Crippen LogP contribution in [-0.2, 0) is 10.5 Å². The molecule has 27 heavy (non-hydrogen) atoms. The van der Waals surface area contributed by atoms with Crippen LogP contribution in [0.4, 0.5) is 4.39 Å². The Kier molecular flexibility index (Phi) is 5.27. The van der Waals surface area contributed by atoms with E-state index in [0.717, 1.165) is 21.9 Å². The lowest BCUT2D eigenvalue weighted by molar-refractivity contribution is -0.107. The molecule has 0 bridgehead atoms. The van der Waals surface area contributed by atoms with Gasteiger partial charge in [-0.1, -0.05) is 54.2 Å². The molecule has 0 saturated carbocycles. The van der Waals surface area contributed by atoms with Crippen molar-refractivity contribution in [2.75, 3.05) is 0 Å². The molecule has 0 radical (unpaired) electrons. The molecular weight excluding hydrogens is 381 g/mol. The lowest BCUT2D eigenvalue weighted by atomic mass is 10.1. The summed E-state index contributed by atoms with van der Waals surface area (Å²) in [5.74, 6) is 1.29. The van der Waals surface area contributed by atoms with Gasteiger partial charge in [0.05, 0.1) is 5.56 Å². The molecule has 0 unspecified atom stereocenters. The first kappa shape index (κ1) is 17.8. The maximum absolute atomic E-state index is 13.9. The Morgan fingerprint density at radius 2 is 1.81 bits per heavy atom. The fraction of sp³-hybridized carbons (Fsp3) is 0.0476. The number of halogens is 1. The van der Waals surface area contributed by atoms with E-state index in [1.54, 1.807) is 36.4 Å². The van der Waals surface area contributed by atoms with E-state index in [-0.39, 0.29) is 10.9 Å². The molecule has 134 valence electrons. The van der Waals surface area contributed by atoms with Crippen LogP contribution in [0.3, 0.4) is 0 Å². The first-order chi connectivity index (χ1) is 13.2. The highest BCUT2D eigenvalue weighted by Gasteiger charge is 2.23. The number of carbonyl (C=O) groups is 1. The van der Waals surface area contributed by atoms with Crippen molar-refractivity contribution < 1.29 is 13.6 Å². The summed E-state index contributed by atoms with van der Waals surface area (Å²) in [5.41, 5.74) is 1.90. The zero-order chi connectivity index (χ0) is 18.6. The Balaban J connectivity index is 1.49. The minimum absolute atomic E-state index is 0.116. The SMILES string of the molecule is O=C1SC(SCc2ccccc2)=N/C1=C\c1ccc(-c2ccccc2F)o1. The van der Waals surface area contributed by atoms with E-state index in [1.165, 1.54) is 23.4 Å². The molecule has 0 saturated heterocycles. The quantitative estimate of drug-likeness (QED) is 0.509. The summed E-state index contributed by atoms with van der Waals surface area (Å²) in [7, 11) is 0. The summed E-state index contributed by atoms with van der Waals surface area (Å²) in [6.07, 6.45) is 1.59. The molecule has 6 heteroatoms. The predicted molar refractivity (Wildman–Crippen MR) is 110 cm³/mol. The van der Waals surface area contributed by atoms with Crippen LogP contribution in [0, 0.1) is 5.82 Å². The average molecular weight is 395 g/mol. The molecule has 0 aliphatic carbocycles. The second kappa shape index (κ2) is 7.98. The van der Waals surface area contributed by atoms with Gasteiger partial charge in [-0.3, -0.25) is 4.79 Å². The Labute approximate surface area is 164 Å². The summed E-state index contributed by atoms with van der Waals surface area (Å²) >= 11 is 2.65. The van der Waals surface area contributed by atoms with Crippen LogP contribution in [-0.4, -0.2) is 9.49 Å². The maximum Gasteiger partial charge on any atom is 0.244 e. The van der Waals surface area contributed by atoms with Gasteiger partial charge in [0.1, 0.15) is 27.4 Å². The molecule has 1 aliphatic rings. The third kappa shape index (κ3) is 4.23. The van der Waals surface area contributed by atoms with E-state index in [9.17, 15) is 9.18 Å². The van der Waals surface area contributed by atoms with E-state index in [2.05, 4.69) is 4.99 Å². The molecule has 0 amide bonds. The van der Waals surface area contributed by atoms with Crippen LogP contribution in [0.2, 0.25) is 0 Å². The van der Waals surface area contributed by atoms with Crippen LogP contribution in [0.15, 0.2) is 81.8 Å². The largest absolute Gasteiger partial charge is 0.457 e. The number of aliphatic imine (C=N–C) groups is 1. The van der Waals surface area contributed by atoms with Crippen molar-refractivity contribution in [3.8, 4) is 11.3 Å². The number of thioether (sulfide) groups is 2. The van der Waals surface area contributed by atoms with Crippen LogP contribution in [0.1, 0.15) is 11.3 Å². The second-order valence-corrected chi connectivity index (χ2v) is 7.94. The number of hydrogen-bond acceptors (Lipinski definition) is 5. The van der Waals surface area contributed by atoms with E-state index in [0.29, 0.717) is 22.8 Å². The molecule has 1 aliphatic heterocycles. The predicted octanol–water partition coefficient (Wildman–Crippen LogP) is 5.99. The van der Waals surface area contributed by atoms with Crippen molar-refractivity contribution >= 4 is 39.1 Å². The first-order valence-electron chi connectivity index (χ1n) is 8.23. The zero-order valence-corrected chi connectivity index (χ0v) is 15.7.